The zero-order chi connectivity index (χ0) is 12.3. The van der Waals surface area contributed by atoms with E-state index in [-0.39, 0.29) is 11.5 Å². The Morgan fingerprint density at radius 3 is 3.00 bits per heavy atom. The Hall–Kier alpha value is -1.69. The van der Waals surface area contributed by atoms with Gasteiger partial charge in [-0.1, -0.05) is 0 Å². The number of hydrogen-bond acceptors (Lipinski definition) is 2. The van der Waals surface area contributed by atoms with Crippen LogP contribution in [0.3, 0.4) is 0 Å². The van der Waals surface area contributed by atoms with Crippen molar-refractivity contribution in [1.29, 1.82) is 0 Å². The van der Waals surface area contributed by atoms with Gasteiger partial charge in [-0.3, -0.25) is 4.79 Å². The van der Waals surface area contributed by atoms with Crippen molar-refractivity contribution < 1.29 is 9.18 Å². The first-order chi connectivity index (χ1) is 8.16. The number of benzene rings is 1. The van der Waals surface area contributed by atoms with Gasteiger partial charge in [0, 0.05) is 11.8 Å². The minimum Gasteiger partial charge on any atom is -0.347 e. The molecule has 6 heteroatoms. The predicted octanol–water partition coefficient (Wildman–Crippen LogP) is 2.24. The molecule has 0 atom stereocenters. The molecule has 2 rings (SSSR count). The Bertz CT molecular complexity index is 528. The Labute approximate surface area is 105 Å². The lowest BCUT2D eigenvalue weighted by Gasteiger charge is -2.04. The molecule has 1 heterocycles. The fourth-order valence-corrected chi connectivity index (χ4v) is 1.54. The van der Waals surface area contributed by atoms with E-state index in [1.165, 1.54) is 18.5 Å². The highest BCUT2D eigenvalue weighted by atomic mass is 79.9. The molecule has 2 aromatic rings. The van der Waals surface area contributed by atoms with Crippen LogP contribution in [0.2, 0.25) is 0 Å². The van der Waals surface area contributed by atoms with Gasteiger partial charge in [0.15, 0.2) is 0 Å². The quantitative estimate of drug-likeness (QED) is 0.913. The number of nitrogens with one attached hydrogen (secondary N) is 2. The van der Waals surface area contributed by atoms with Gasteiger partial charge in [-0.25, -0.2) is 9.37 Å². The minimum atomic E-state index is -0.459. The average molecular weight is 298 g/mol. The van der Waals surface area contributed by atoms with Crippen molar-refractivity contribution in [3.05, 3.63) is 52.3 Å². The summed E-state index contributed by atoms with van der Waals surface area (Å²) in [7, 11) is 0. The van der Waals surface area contributed by atoms with Crippen LogP contribution in [0, 0.1) is 5.82 Å². The van der Waals surface area contributed by atoms with Crippen LogP contribution in [0.4, 0.5) is 4.39 Å². The van der Waals surface area contributed by atoms with Crippen molar-refractivity contribution >= 4 is 21.8 Å². The second-order valence-electron chi connectivity index (χ2n) is 3.39. The Balaban J connectivity index is 2.02. The van der Waals surface area contributed by atoms with Crippen LogP contribution in [0.15, 0.2) is 35.2 Å². The van der Waals surface area contributed by atoms with Crippen LogP contribution in [0.25, 0.3) is 0 Å². The molecule has 1 aromatic carbocycles. The van der Waals surface area contributed by atoms with Crippen molar-refractivity contribution in [2.24, 2.45) is 0 Å². The van der Waals surface area contributed by atoms with Crippen LogP contribution in [0.1, 0.15) is 16.1 Å². The zero-order valence-corrected chi connectivity index (χ0v) is 10.3. The Morgan fingerprint density at radius 1 is 1.53 bits per heavy atom. The maximum atomic E-state index is 13.2. The van der Waals surface area contributed by atoms with E-state index in [9.17, 15) is 9.18 Å². The molecular formula is C11H9BrFN3O. The lowest BCUT2D eigenvalue weighted by atomic mass is 10.2. The van der Waals surface area contributed by atoms with Gasteiger partial charge in [-0.2, -0.15) is 0 Å². The Morgan fingerprint density at radius 2 is 2.35 bits per heavy atom. The molecule has 0 aliphatic heterocycles. The Kier molecular flexibility index (Phi) is 3.53. The molecule has 1 aromatic heterocycles. The van der Waals surface area contributed by atoms with Crippen LogP contribution in [-0.4, -0.2) is 15.9 Å². The number of rotatable bonds is 3. The highest BCUT2D eigenvalue weighted by Crippen LogP contribution is 2.16. The van der Waals surface area contributed by atoms with Gasteiger partial charge in [0.25, 0.3) is 5.91 Å². The highest BCUT2D eigenvalue weighted by molar-refractivity contribution is 9.10. The fraction of sp³-hybridized carbons (Fsp3) is 0.0909. The fourth-order valence-electron chi connectivity index (χ4n) is 1.30. The molecule has 0 saturated carbocycles. The molecular weight excluding hydrogens is 289 g/mol. The van der Waals surface area contributed by atoms with Gasteiger partial charge in [-0.05, 0) is 34.1 Å². The number of H-pyrrole nitrogens is 1. The van der Waals surface area contributed by atoms with E-state index < -0.39 is 5.82 Å². The average Bonchev–Trinajstić information content (AvgIpc) is 2.82. The van der Waals surface area contributed by atoms with E-state index in [1.54, 1.807) is 12.3 Å². The van der Waals surface area contributed by atoms with E-state index in [1.807, 2.05) is 0 Å². The maximum Gasteiger partial charge on any atom is 0.251 e. The number of halogens is 2. The van der Waals surface area contributed by atoms with E-state index in [4.69, 9.17) is 0 Å². The minimum absolute atomic E-state index is 0.283. The van der Waals surface area contributed by atoms with E-state index in [2.05, 4.69) is 31.2 Å². The van der Waals surface area contributed by atoms with Gasteiger partial charge in [0.1, 0.15) is 5.82 Å². The number of nitrogens with zero attached hydrogens (tertiary/aromatic N) is 1. The largest absolute Gasteiger partial charge is 0.347 e. The SMILES string of the molecule is O=C(NCc1cnc[nH]1)c1ccc(Br)c(F)c1. The number of amides is 1. The third kappa shape index (κ3) is 2.91. The summed E-state index contributed by atoms with van der Waals surface area (Å²) in [5.41, 5.74) is 1.07. The smallest absolute Gasteiger partial charge is 0.251 e. The molecule has 0 radical (unpaired) electrons. The predicted molar refractivity (Wildman–Crippen MR) is 63.9 cm³/mol. The van der Waals surface area contributed by atoms with Crippen LogP contribution < -0.4 is 5.32 Å². The first kappa shape index (κ1) is 11.8. The monoisotopic (exact) mass is 297 g/mol. The van der Waals surface area contributed by atoms with Gasteiger partial charge >= 0.3 is 0 Å². The number of carbonyl (C=O) groups excluding carboxylic acids is 1. The van der Waals surface area contributed by atoms with Crippen LogP contribution in [-0.2, 0) is 6.54 Å². The molecule has 4 nitrogen and oxygen atoms in total. The van der Waals surface area contributed by atoms with E-state index in [0.717, 1.165) is 5.69 Å². The van der Waals surface area contributed by atoms with Gasteiger partial charge in [-0.15, -0.1) is 0 Å². The summed E-state index contributed by atoms with van der Waals surface area (Å²) in [4.78, 5) is 18.4. The van der Waals surface area contributed by atoms with Gasteiger partial charge < -0.3 is 10.3 Å². The van der Waals surface area contributed by atoms with Crippen LogP contribution >= 0.6 is 15.9 Å². The molecule has 0 fully saturated rings. The first-order valence-corrected chi connectivity index (χ1v) is 5.66. The van der Waals surface area contributed by atoms with Gasteiger partial charge in [0.05, 0.1) is 23.0 Å². The first-order valence-electron chi connectivity index (χ1n) is 4.87. The van der Waals surface area contributed by atoms with Crippen molar-refractivity contribution in [1.82, 2.24) is 15.3 Å². The summed E-state index contributed by atoms with van der Waals surface area (Å²) in [6.07, 6.45) is 3.14. The molecule has 88 valence electrons. The highest BCUT2D eigenvalue weighted by Gasteiger charge is 2.08. The number of aromatic nitrogens is 2. The third-order valence-electron chi connectivity index (χ3n) is 2.18. The normalized spacial score (nSPS) is 10.2. The van der Waals surface area contributed by atoms with Crippen molar-refractivity contribution in [2.45, 2.75) is 6.54 Å². The van der Waals surface area contributed by atoms with Crippen molar-refractivity contribution in [3.8, 4) is 0 Å². The maximum absolute atomic E-state index is 13.2. The molecule has 0 aliphatic carbocycles. The summed E-state index contributed by atoms with van der Waals surface area (Å²) >= 11 is 3.03. The van der Waals surface area contributed by atoms with Crippen LogP contribution in [0.5, 0.6) is 0 Å². The molecule has 0 spiro atoms. The summed E-state index contributed by atoms with van der Waals surface area (Å²) in [6, 6.07) is 4.24. The summed E-state index contributed by atoms with van der Waals surface area (Å²) in [5, 5.41) is 2.66. The molecule has 0 aliphatic rings. The number of hydrogen-bond donors (Lipinski definition) is 2. The van der Waals surface area contributed by atoms with Crippen molar-refractivity contribution in [3.63, 3.8) is 0 Å². The molecule has 1 amide bonds. The van der Waals surface area contributed by atoms with Gasteiger partial charge in [0.2, 0.25) is 0 Å². The number of carbonyl (C=O) groups is 1. The molecule has 0 saturated heterocycles. The topological polar surface area (TPSA) is 57.8 Å². The summed E-state index contributed by atoms with van der Waals surface area (Å²) < 4.78 is 13.5. The lowest BCUT2D eigenvalue weighted by Crippen LogP contribution is -2.23. The second-order valence-corrected chi connectivity index (χ2v) is 4.24. The third-order valence-corrected chi connectivity index (χ3v) is 2.82. The van der Waals surface area contributed by atoms with E-state index in [0.29, 0.717) is 11.0 Å². The second kappa shape index (κ2) is 5.09. The summed E-state index contributed by atoms with van der Waals surface area (Å²) in [6.45, 7) is 0.330. The standard InChI is InChI=1S/C11H9BrFN3O/c12-9-2-1-7(3-10(9)13)11(17)15-5-8-4-14-6-16-8/h1-4,6H,5H2,(H,14,16)(H,15,17). The van der Waals surface area contributed by atoms with E-state index >= 15 is 0 Å². The zero-order valence-electron chi connectivity index (χ0n) is 8.71. The summed E-state index contributed by atoms with van der Waals surface area (Å²) in [5.74, 6) is -0.787. The molecule has 0 unspecified atom stereocenters. The lowest BCUT2D eigenvalue weighted by molar-refractivity contribution is 0.0950. The molecule has 0 bridgehead atoms. The molecule has 2 N–H and O–H groups in total. The van der Waals surface area contributed by atoms with Crippen molar-refractivity contribution in [2.75, 3.05) is 0 Å². The molecule has 17 heavy (non-hydrogen) atoms. The number of aromatic amines is 1. The number of imidazole rings is 1.